The number of nitriles is 1. The van der Waals surface area contributed by atoms with Gasteiger partial charge in [-0.3, -0.25) is 0 Å². The summed E-state index contributed by atoms with van der Waals surface area (Å²) in [5.74, 6) is 0. The maximum Gasteiger partial charge on any atom is 0.162 e. The Balaban J connectivity index is 2.03. The van der Waals surface area contributed by atoms with Crippen molar-refractivity contribution in [2.75, 3.05) is 4.90 Å². The zero-order chi connectivity index (χ0) is 15.3. The molecule has 1 unspecified atom stereocenters. The van der Waals surface area contributed by atoms with Crippen molar-refractivity contribution in [2.45, 2.75) is 25.7 Å². The Labute approximate surface area is 130 Å². The number of ether oxygens (including phenoxy) is 1. The van der Waals surface area contributed by atoms with Crippen LogP contribution in [-0.2, 0) is 4.74 Å². The molecule has 0 amide bonds. The number of anilines is 1. The molecule has 0 aliphatic carbocycles. The normalized spacial score (nSPS) is 22.7. The van der Waals surface area contributed by atoms with Crippen LogP contribution < -0.4 is 4.90 Å². The third kappa shape index (κ3) is 1.65. The summed E-state index contributed by atoms with van der Waals surface area (Å²) in [7, 11) is 0. The van der Waals surface area contributed by atoms with E-state index in [1.54, 1.807) is 6.08 Å². The predicted octanol–water partition coefficient (Wildman–Crippen LogP) is 4.39. The second-order valence-corrected chi connectivity index (χ2v) is 6.11. The zero-order valence-electron chi connectivity index (χ0n) is 12.6. The minimum Gasteiger partial charge on any atom is -0.342 e. The van der Waals surface area contributed by atoms with Gasteiger partial charge < -0.3 is 9.64 Å². The first-order valence-electron chi connectivity index (χ1n) is 7.39. The molecule has 1 atom stereocenters. The lowest BCUT2D eigenvalue weighted by molar-refractivity contribution is -0.00395. The molecule has 2 aromatic carbocycles. The first kappa shape index (κ1) is 13.1. The van der Waals surface area contributed by atoms with Crippen molar-refractivity contribution in [1.29, 1.82) is 5.26 Å². The quantitative estimate of drug-likeness (QED) is 0.675. The fourth-order valence-corrected chi connectivity index (χ4v) is 3.44. The minimum absolute atomic E-state index is 0.180. The molecule has 1 saturated heterocycles. The van der Waals surface area contributed by atoms with E-state index in [1.165, 1.54) is 11.1 Å². The summed E-state index contributed by atoms with van der Waals surface area (Å²) in [4.78, 5) is 2.15. The Morgan fingerprint density at radius 2 is 1.77 bits per heavy atom. The summed E-state index contributed by atoms with van der Waals surface area (Å²) < 4.78 is 6.31. The van der Waals surface area contributed by atoms with Gasteiger partial charge in [-0.2, -0.15) is 5.26 Å². The summed E-state index contributed by atoms with van der Waals surface area (Å²) in [5.41, 5.74) is 5.04. The topological polar surface area (TPSA) is 36.3 Å². The van der Waals surface area contributed by atoms with Crippen molar-refractivity contribution in [3.8, 4) is 17.2 Å². The lowest BCUT2D eigenvalue weighted by Gasteiger charge is -2.34. The maximum absolute atomic E-state index is 9.18. The fourth-order valence-electron chi connectivity index (χ4n) is 3.44. The molecule has 0 aromatic heterocycles. The van der Waals surface area contributed by atoms with Crippen molar-refractivity contribution < 1.29 is 4.74 Å². The summed E-state index contributed by atoms with van der Waals surface area (Å²) in [5, 5.41) is 9.18. The van der Waals surface area contributed by atoms with E-state index in [0.29, 0.717) is 0 Å². The molecule has 3 nitrogen and oxygen atoms in total. The summed E-state index contributed by atoms with van der Waals surface area (Å²) in [6.45, 7) is 4.03. The summed E-state index contributed by atoms with van der Waals surface area (Å²) in [6, 6.07) is 18.8. The van der Waals surface area contributed by atoms with Gasteiger partial charge in [0.1, 0.15) is 5.60 Å². The molecule has 2 aliphatic heterocycles. The van der Waals surface area contributed by atoms with Crippen molar-refractivity contribution in [1.82, 2.24) is 0 Å². The summed E-state index contributed by atoms with van der Waals surface area (Å²) >= 11 is 0. The number of hydrogen-bond donors (Lipinski definition) is 0. The first-order chi connectivity index (χ1) is 10.6. The Morgan fingerprint density at radius 1 is 1.09 bits per heavy atom. The van der Waals surface area contributed by atoms with Crippen LogP contribution >= 0.6 is 0 Å². The van der Waals surface area contributed by atoms with Crippen molar-refractivity contribution in [3.63, 3.8) is 0 Å². The van der Waals surface area contributed by atoms with E-state index in [9.17, 15) is 5.26 Å². The number of benzene rings is 2. The molecule has 4 rings (SSSR count). The molecule has 2 aliphatic rings. The Bertz CT molecular complexity index is 829. The van der Waals surface area contributed by atoms with Gasteiger partial charge in [-0.15, -0.1) is 0 Å². The van der Waals surface area contributed by atoms with Crippen LogP contribution in [0.1, 0.15) is 25.6 Å². The first-order valence-corrected chi connectivity index (χ1v) is 7.39. The number of para-hydroxylation sites is 1. The predicted molar refractivity (Wildman–Crippen MR) is 86.0 cm³/mol. The van der Waals surface area contributed by atoms with Gasteiger partial charge in [0.25, 0.3) is 0 Å². The van der Waals surface area contributed by atoms with Gasteiger partial charge in [0.15, 0.2) is 6.23 Å². The van der Waals surface area contributed by atoms with E-state index in [4.69, 9.17) is 4.74 Å². The molecule has 3 heteroatoms. The van der Waals surface area contributed by atoms with Crippen LogP contribution in [0, 0.1) is 11.3 Å². The molecule has 0 spiro atoms. The second kappa shape index (κ2) is 4.46. The van der Waals surface area contributed by atoms with Crippen LogP contribution in [0.4, 0.5) is 5.69 Å². The fraction of sp³-hybridized carbons (Fsp3) is 0.211. The molecular formula is C19H16N2O. The maximum atomic E-state index is 9.18. The average Bonchev–Trinajstić information content (AvgIpc) is 2.80. The van der Waals surface area contributed by atoms with E-state index < -0.39 is 5.60 Å². The van der Waals surface area contributed by atoms with Gasteiger partial charge >= 0.3 is 0 Å². The third-order valence-electron chi connectivity index (χ3n) is 4.40. The minimum atomic E-state index is -0.495. The SMILES string of the molecule is CC1(C)OC2c3ccccc3-c3ccccc3N2/C1=C\C#N. The number of nitrogens with zero attached hydrogens (tertiary/aromatic N) is 2. The smallest absolute Gasteiger partial charge is 0.162 e. The zero-order valence-corrected chi connectivity index (χ0v) is 12.6. The number of allylic oxidation sites excluding steroid dienone is 1. The molecule has 2 heterocycles. The highest BCUT2D eigenvalue weighted by atomic mass is 16.5. The molecule has 108 valence electrons. The van der Waals surface area contributed by atoms with Crippen LogP contribution in [-0.4, -0.2) is 5.60 Å². The molecule has 1 fully saturated rings. The van der Waals surface area contributed by atoms with E-state index in [-0.39, 0.29) is 6.23 Å². The summed E-state index contributed by atoms with van der Waals surface area (Å²) in [6.07, 6.45) is 1.42. The Morgan fingerprint density at radius 3 is 2.55 bits per heavy atom. The highest BCUT2D eigenvalue weighted by Gasteiger charge is 2.47. The van der Waals surface area contributed by atoms with Gasteiger partial charge in [0.2, 0.25) is 0 Å². The van der Waals surface area contributed by atoms with Crippen LogP contribution in [0.2, 0.25) is 0 Å². The highest BCUT2D eigenvalue weighted by molar-refractivity contribution is 5.86. The lowest BCUT2D eigenvalue weighted by atomic mass is 9.92. The van der Waals surface area contributed by atoms with Gasteiger partial charge in [-0.1, -0.05) is 42.5 Å². The van der Waals surface area contributed by atoms with Crippen LogP contribution in [0.15, 0.2) is 60.3 Å². The number of fused-ring (bicyclic) bond motifs is 6. The van der Waals surface area contributed by atoms with E-state index in [1.807, 2.05) is 32.0 Å². The Kier molecular flexibility index (Phi) is 2.66. The van der Waals surface area contributed by atoms with E-state index >= 15 is 0 Å². The molecule has 22 heavy (non-hydrogen) atoms. The number of rotatable bonds is 0. The third-order valence-corrected chi connectivity index (χ3v) is 4.40. The number of hydrogen-bond acceptors (Lipinski definition) is 3. The second-order valence-electron chi connectivity index (χ2n) is 6.11. The molecule has 2 aromatic rings. The van der Waals surface area contributed by atoms with Crippen LogP contribution in [0.5, 0.6) is 0 Å². The molecule has 0 saturated carbocycles. The van der Waals surface area contributed by atoms with Gasteiger partial charge in [0, 0.05) is 17.2 Å². The van der Waals surface area contributed by atoms with Crippen LogP contribution in [0.25, 0.3) is 11.1 Å². The largest absolute Gasteiger partial charge is 0.342 e. The van der Waals surface area contributed by atoms with Crippen molar-refractivity contribution in [3.05, 3.63) is 65.9 Å². The van der Waals surface area contributed by atoms with E-state index in [0.717, 1.165) is 16.9 Å². The highest BCUT2D eigenvalue weighted by Crippen LogP contribution is 2.53. The Hall–Kier alpha value is -2.57. The monoisotopic (exact) mass is 288 g/mol. The van der Waals surface area contributed by atoms with Gasteiger partial charge in [-0.05, 0) is 25.5 Å². The average molecular weight is 288 g/mol. The van der Waals surface area contributed by atoms with Crippen molar-refractivity contribution in [2.24, 2.45) is 0 Å². The van der Waals surface area contributed by atoms with Crippen molar-refractivity contribution >= 4 is 5.69 Å². The molecule has 0 bridgehead atoms. The standard InChI is InChI=1S/C19H16N2O/c1-19(2)17(11-12-20)21-16-10-6-5-8-14(16)13-7-3-4-9-15(13)18(21)22-19/h3-11,18H,1-2H3/b17-11-. The van der Waals surface area contributed by atoms with E-state index in [2.05, 4.69) is 41.3 Å². The molecule has 0 N–H and O–H groups in total. The van der Waals surface area contributed by atoms with Gasteiger partial charge in [-0.25, -0.2) is 0 Å². The van der Waals surface area contributed by atoms with Crippen LogP contribution in [0.3, 0.4) is 0 Å². The van der Waals surface area contributed by atoms with Gasteiger partial charge in [0.05, 0.1) is 17.5 Å². The molecule has 0 radical (unpaired) electrons. The molecular weight excluding hydrogens is 272 g/mol. The lowest BCUT2D eigenvalue weighted by Crippen LogP contribution is -2.28.